The van der Waals surface area contributed by atoms with Gasteiger partial charge in [-0.1, -0.05) is 24.3 Å². The SMILES string of the molecule is COc1cc(C(=O)Nc2cccc(-c3cccc(NC(=O)c4cc(OC)c(CN[C@@H]5CCC[C@H]5O)cn4)c3C)c2C)ncc1CNC(CO)CO. The van der Waals surface area contributed by atoms with Crippen LogP contribution in [0.15, 0.2) is 60.9 Å². The van der Waals surface area contributed by atoms with E-state index in [0.29, 0.717) is 35.0 Å². The molecule has 0 radical (unpaired) electrons. The lowest BCUT2D eigenvalue weighted by Gasteiger charge is -2.18. The molecule has 51 heavy (non-hydrogen) atoms. The van der Waals surface area contributed by atoms with Gasteiger partial charge >= 0.3 is 0 Å². The molecule has 270 valence electrons. The van der Waals surface area contributed by atoms with Gasteiger partial charge in [0.2, 0.25) is 0 Å². The highest BCUT2D eigenvalue weighted by molar-refractivity contribution is 6.05. The van der Waals surface area contributed by atoms with Gasteiger partial charge in [0.05, 0.1) is 39.6 Å². The second kappa shape index (κ2) is 17.3. The summed E-state index contributed by atoms with van der Waals surface area (Å²) in [6.45, 7) is 4.14. The topological polar surface area (TPSA) is 187 Å². The number of hydrogen-bond acceptors (Lipinski definition) is 11. The maximum atomic E-state index is 13.4. The Morgan fingerprint density at radius 2 is 1.31 bits per heavy atom. The van der Waals surface area contributed by atoms with Crippen molar-refractivity contribution >= 4 is 23.2 Å². The van der Waals surface area contributed by atoms with Gasteiger partial charge in [-0.25, -0.2) is 0 Å². The number of benzene rings is 2. The molecule has 7 N–H and O–H groups in total. The molecule has 0 unspecified atom stereocenters. The fourth-order valence-corrected chi connectivity index (χ4v) is 6.18. The lowest BCUT2D eigenvalue weighted by Crippen LogP contribution is -2.35. The number of amides is 2. The number of anilines is 2. The van der Waals surface area contributed by atoms with Crippen LogP contribution in [-0.4, -0.2) is 82.7 Å². The van der Waals surface area contributed by atoms with Crippen molar-refractivity contribution in [2.45, 2.75) is 64.4 Å². The van der Waals surface area contributed by atoms with Crippen molar-refractivity contribution in [2.24, 2.45) is 0 Å². The van der Waals surface area contributed by atoms with Gasteiger partial charge in [0.1, 0.15) is 22.9 Å². The normalized spacial score (nSPS) is 15.5. The molecule has 2 aromatic carbocycles. The van der Waals surface area contributed by atoms with Gasteiger partial charge in [-0.05, 0) is 67.5 Å². The third-order valence-corrected chi connectivity index (χ3v) is 9.30. The van der Waals surface area contributed by atoms with E-state index in [4.69, 9.17) is 9.47 Å². The van der Waals surface area contributed by atoms with Gasteiger partial charge in [-0.2, -0.15) is 0 Å². The summed E-state index contributed by atoms with van der Waals surface area (Å²) in [7, 11) is 3.05. The number of aliphatic hydroxyl groups excluding tert-OH is 3. The molecule has 1 aliphatic rings. The molecule has 1 fully saturated rings. The van der Waals surface area contributed by atoms with Gasteiger partial charge < -0.3 is 46.1 Å². The number of methoxy groups -OCH3 is 2. The summed E-state index contributed by atoms with van der Waals surface area (Å²) in [5.41, 5.74) is 6.45. The third kappa shape index (κ3) is 8.88. The molecule has 0 spiro atoms. The zero-order valence-electron chi connectivity index (χ0n) is 29.3. The first kappa shape index (κ1) is 37.3. The van der Waals surface area contributed by atoms with Crippen LogP contribution in [0.25, 0.3) is 11.1 Å². The number of rotatable bonds is 15. The summed E-state index contributed by atoms with van der Waals surface area (Å²) < 4.78 is 11.0. The van der Waals surface area contributed by atoms with E-state index in [1.807, 2.05) is 50.2 Å². The van der Waals surface area contributed by atoms with Crippen molar-refractivity contribution in [3.63, 3.8) is 0 Å². The number of carbonyl (C=O) groups is 2. The fraction of sp³-hybridized carbons (Fsp3) is 0.368. The van der Waals surface area contributed by atoms with E-state index >= 15 is 0 Å². The molecule has 0 saturated heterocycles. The van der Waals surface area contributed by atoms with Crippen LogP contribution < -0.4 is 30.7 Å². The Balaban J connectivity index is 1.29. The van der Waals surface area contributed by atoms with Crippen molar-refractivity contribution in [1.82, 2.24) is 20.6 Å². The molecular formula is C38H46N6O7. The Hall–Kier alpha value is -4.92. The molecule has 1 saturated carbocycles. The summed E-state index contributed by atoms with van der Waals surface area (Å²) in [5.74, 6) is 0.170. The first-order valence-corrected chi connectivity index (χ1v) is 16.9. The van der Waals surface area contributed by atoms with E-state index < -0.39 is 11.9 Å². The molecule has 0 aliphatic heterocycles. The Morgan fingerprint density at radius 1 is 0.804 bits per heavy atom. The smallest absolute Gasteiger partial charge is 0.274 e. The van der Waals surface area contributed by atoms with Crippen LogP contribution >= 0.6 is 0 Å². The van der Waals surface area contributed by atoms with Crippen LogP contribution in [0, 0.1) is 13.8 Å². The molecular weight excluding hydrogens is 652 g/mol. The number of carbonyl (C=O) groups excluding carboxylic acids is 2. The minimum atomic E-state index is -0.488. The van der Waals surface area contributed by atoms with Crippen molar-refractivity contribution in [3.05, 3.63) is 94.6 Å². The zero-order chi connectivity index (χ0) is 36.5. The fourth-order valence-electron chi connectivity index (χ4n) is 6.18. The van der Waals surface area contributed by atoms with Gasteiger partial charge in [0.25, 0.3) is 11.8 Å². The molecule has 2 amide bonds. The molecule has 0 bridgehead atoms. The van der Waals surface area contributed by atoms with Crippen molar-refractivity contribution in [3.8, 4) is 22.6 Å². The average Bonchev–Trinajstić information content (AvgIpc) is 3.56. The quantitative estimate of drug-likeness (QED) is 0.0959. The standard InChI is InChI=1S/C38H46N6O7/c1-22-27(8-5-10-29(22)43-37(48)32-14-35(50-3)24(18-41-32)16-39-26(20-45)21-46)28-9-6-11-30(23(28)2)44-38(49)33-15-36(51-4)25(19-42-33)17-40-31-12-7-13-34(31)47/h5-6,8-11,14-15,18-19,26,31,34,39-40,45-47H,7,12-13,16-17,20-21H2,1-4H3,(H,43,48)(H,44,49)/t31-,34-/m1/s1. The lowest BCUT2D eigenvalue weighted by molar-refractivity contribution is 0.101. The summed E-state index contributed by atoms with van der Waals surface area (Å²) in [4.78, 5) is 35.4. The zero-order valence-corrected chi connectivity index (χ0v) is 29.3. The monoisotopic (exact) mass is 698 g/mol. The maximum absolute atomic E-state index is 13.4. The minimum absolute atomic E-state index is 0.0288. The van der Waals surface area contributed by atoms with E-state index in [0.717, 1.165) is 47.1 Å². The minimum Gasteiger partial charge on any atom is -0.496 e. The predicted molar refractivity (Wildman–Crippen MR) is 194 cm³/mol. The molecule has 4 aromatic rings. The van der Waals surface area contributed by atoms with E-state index in [-0.39, 0.29) is 49.2 Å². The highest BCUT2D eigenvalue weighted by Crippen LogP contribution is 2.34. The predicted octanol–water partition coefficient (Wildman–Crippen LogP) is 3.73. The largest absolute Gasteiger partial charge is 0.496 e. The molecule has 2 heterocycles. The summed E-state index contributed by atoms with van der Waals surface area (Å²) in [6, 6.07) is 14.0. The first-order valence-electron chi connectivity index (χ1n) is 16.9. The number of pyridine rings is 2. The number of aliphatic hydroxyl groups is 3. The lowest BCUT2D eigenvalue weighted by atomic mass is 9.94. The Labute approximate surface area is 297 Å². The number of hydrogen-bond donors (Lipinski definition) is 7. The van der Waals surface area contributed by atoms with Crippen LogP contribution in [0.1, 0.15) is 62.5 Å². The second-order valence-electron chi connectivity index (χ2n) is 12.6. The van der Waals surface area contributed by atoms with Gasteiger partial charge in [0.15, 0.2) is 0 Å². The number of nitrogens with zero attached hydrogens (tertiary/aromatic N) is 2. The van der Waals surface area contributed by atoms with Crippen molar-refractivity contribution in [1.29, 1.82) is 0 Å². The Morgan fingerprint density at radius 3 is 1.76 bits per heavy atom. The third-order valence-electron chi connectivity index (χ3n) is 9.30. The van der Waals surface area contributed by atoms with Crippen LogP contribution in [0.4, 0.5) is 11.4 Å². The highest BCUT2D eigenvalue weighted by atomic mass is 16.5. The molecule has 2 atom stereocenters. The number of ether oxygens (including phenoxy) is 2. The van der Waals surface area contributed by atoms with Crippen molar-refractivity contribution in [2.75, 3.05) is 38.1 Å². The average molecular weight is 699 g/mol. The van der Waals surface area contributed by atoms with Crippen LogP contribution in [0.5, 0.6) is 11.5 Å². The number of aromatic nitrogens is 2. The van der Waals surface area contributed by atoms with Crippen LogP contribution in [0.2, 0.25) is 0 Å². The Bertz CT molecular complexity index is 1850. The summed E-state index contributed by atoms with van der Waals surface area (Å²) in [6.07, 6.45) is 5.48. The molecule has 1 aliphatic carbocycles. The summed E-state index contributed by atoms with van der Waals surface area (Å²) in [5, 5.41) is 41.1. The van der Waals surface area contributed by atoms with Crippen LogP contribution in [-0.2, 0) is 13.1 Å². The summed E-state index contributed by atoms with van der Waals surface area (Å²) >= 11 is 0. The van der Waals surface area contributed by atoms with Crippen molar-refractivity contribution < 1.29 is 34.4 Å². The van der Waals surface area contributed by atoms with Gasteiger partial charge in [-0.15, -0.1) is 0 Å². The molecule has 2 aromatic heterocycles. The molecule has 13 nitrogen and oxygen atoms in total. The Kier molecular flexibility index (Phi) is 12.7. The maximum Gasteiger partial charge on any atom is 0.274 e. The van der Waals surface area contributed by atoms with Gasteiger partial charge in [0, 0.05) is 66.2 Å². The van der Waals surface area contributed by atoms with Crippen LogP contribution in [0.3, 0.4) is 0 Å². The van der Waals surface area contributed by atoms with Gasteiger partial charge in [-0.3, -0.25) is 19.6 Å². The molecule has 13 heteroatoms. The number of nitrogens with one attached hydrogen (secondary N) is 4. The van der Waals surface area contributed by atoms with E-state index in [1.165, 1.54) is 13.3 Å². The van der Waals surface area contributed by atoms with E-state index in [2.05, 4.69) is 31.2 Å². The van der Waals surface area contributed by atoms with E-state index in [1.54, 1.807) is 25.4 Å². The highest BCUT2D eigenvalue weighted by Gasteiger charge is 2.25. The second-order valence-corrected chi connectivity index (χ2v) is 12.6. The first-order chi connectivity index (χ1) is 24.7. The molecule has 5 rings (SSSR count). The van der Waals surface area contributed by atoms with E-state index in [9.17, 15) is 24.9 Å².